The Hall–Kier alpha value is -0.940. The predicted octanol–water partition coefficient (Wildman–Crippen LogP) is 1.52. The van der Waals surface area contributed by atoms with Gasteiger partial charge in [-0.05, 0) is 31.7 Å². The fourth-order valence-corrected chi connectivity index (χ4v) is 3.09. The molecule has 1 saturated heterocycles. The Balaban J connectivity index is 1.99. The van der Waals surface area contributed by atoms with Crippen molar-refractivity contribution in [1.29, 1.82) is 0 Å². The molecule has 5 heteroatoms. The fraction of sp³-hybridized carbons (Fsp3) is 0.667. The van der Waals surface area contributed by atoms with Crippen LogP contribution < -0.4 is 5.73 Å². The highest BCUT2D eigenvalue weighted by atomic mass is 32.1. The smallest absolute Gasteiger partial charge is 0.265 e. The summed E-state index contributed by atoms with van der Waals surface area (Å²) >= 11 is 1.53. The van der Waals surface area contributed by atoms with Crippen molar-refractivity contribution in [2.45, 2.75) is 26.2 Å². The highest BCUT2D eigenvalue weighted by Gasteiger charge is 2.26. The van der Waals surface area contributed by atoms with E-state index in [-0.39, 0.29) is 5.91 Å². The lowest BCUT2D eigenvalue weighted by atomic mass is 10.1. The molecule has 1 unspecified atom stereocenters. The summed E-state index contributed by atoms with van der Waals surface area (Å²) in [6, 6.07) is 0. The Morgan fingerprint density at radius 3 is 3.18 bits per heavy atom. The number of aromatic nitrogens is 1. The van der Waals surface area contributed by atoms with Gasteiger partial charge in [0, 0.05) is 13.1 Å². The van der Waals surface area contributed by atoms with Gasteiger partial charge in [-0.15, -0.1) is 11.3 Å². The van der Waals surface area contributed by atoms with Crippen molar-refractivity contribution in [3.63, 3.8) is 0 Å². The molecule has 94 valence electrons. The molecule has 17 heavy (non-hydrogen) atoms. The second-order valence-corrected chi connectivity index (χ2v) is 5.63. The van der Waals surface area contributed by atoms with Crippen LogP contribution in [0.2, 0.25) is 0 Å². The zero-order valence-electron chi connectivity index (χ0n) is 10.2. The number of amides is 1. The fourth-order valence-electron chi connectivity index (χ4n) is 2.10. The van der Waals surface area contributed by atoms with Crippen molar-refractivity contribution in [2.24, 2.45) is 11.7 Å². The van der Waals surface area contributed by atoms with Gasteiger partial charge in [-0.25, -0.2) is 4.98 Å². The van der Waals surface area contributed by atoms with Crippen molar-refractivity contribution < 1.29 is 4.79 Å². The second kappa shape index (κ2) is 5.60. The van der Waals surface area contributed by atoms with E-state index in [9.17, 15) is 4.79 Å². The first-order valence-corrected chi connectivity index (χ1v) is 7.00. The van der Waals surface area contributed by atoms with Crippen LogP contribution in [0.3, 0.4) is 0 Å². The van der Waals surface area contributed by atoms with Crippen LogP contribution in [0, 0.1) is 5.92 Å². The molecule has 2 heterocycles. The van der Waals surface area contributed by atoms with E-state index in [0.717, 1.165) is 42.2 Å². The Bertz CT molecular complexity index is 391. The van der Waals surface area contributed by atoms with Gasteiger partial charge in [0.1, 0.15) is 4.88 Å². The highest BCUT2D eigenvalue weighted by Crippen LogP contribution is 2.21. The number of likely N-dealkylation sites (tertiary alicyclic amines) is 1. The molecule has 1 amide bonds. The van der Waals surface area contributed by atoms with Gasteiger partial charge in [0.05, 0.1) is 11.2 Å². The summed E-state index contributed by atoms with van der Waals surface area (Å²) in [5.41, 5.74) is 5.63. The van der Waals surface area contributed by atoms with Crippen LogP contribution in [0.15, 0.2) is 6.20 Å². The van der Waals surface area contributed by atoms with E-state index in [2.05, 4.69) is 11.9 Å². The Labute approximate surface area is 106 Å². The minimum absolute atomic E-state index is 0.126. The number of carbonyl (C=O) groups excluding carboxylic acids is 1. The van der Waals surface area contributed by atoms with Crippen LogP contribution in [0.4, 0.5) is 0 Å². The van der Waals surface area contributed by atoms with E-state index in [0.29, 0.717) is 12.5 Å². The van der Waals surface area contributed by atoms with Gasteiger partial charge in [-0.1, -0.05) is 6.92 Å². The zero-order valence-corrected chi connectivity index (χ0v) is 11.0. The molecule has 0 bridgehead atoms. The first-order chi connectivity index (χ1) is 8.24. The molecule has 0 saturated carbocycles. The monoisotopic (exact) mass is 253 g/mol. The summed E-state index contributed by atoms with van der Waals surface area (Å²) in [5, 5.41) is 1.06. The summed E-state index contributed by atoms with van der Waals surface area (Å²) in [5.74, 6) is 0.600. The summed E-state index contributed by atoms with van der Waals surface area (Å²) in [6.45, 7) is 4.43. The maximum Gasteiger partial charge on any atom is 0.265 e. The molecule has 0 spiro atoms. The van der Waals surface area contributed by atoms with E-state index < -0.39 is 0 Å². The molecule has 1 aliphatic rings. The average Bonchev–Trinajstić information content (AvgIpc) is 2.97. The number of rotatable bonds is 4. The van der Waals surface area contributed by atoms with Crippen molar-refractivity contribution in [1.82, 2.24) is 9.88 Å². The van der Waals surface area contributed by atoms with E-state index in [4.69, 9.17) is 5.73 Å². The van der Waals surface area contributed by atoms with Gasteiger partial charge in [0.2, 0.25) is 0 Å². The standard InChI is InChI=1S/C12H19N3OS/c1-2-3-11-14-7-10(17-11)12(16)15-5-4-9(6-13)8-15/h7,9H,2-6,8,13H2,1H3. The largest absolute Gasteiger partial charge is 0.338 e. The topological polar surface area (TPSA) is 59.2 Å². The van der Waals surface area contributed by atoms with E-state index >= 15 is 0 Å². The van der Waals surface area contributed by atoms with E-state index in [1.165, 1.54) is 11.3 Å². The first-order valence-electron chi connectivity index (χ1n) is 6.18. The van der Waals surface area contributed by atoms with Crippen molar-refractivity contribution >= 4 is 17.2 Å². The molecule has 0 aliphatic carbocycles. The third-order valence-electron chi connectivity index (χ3n) is 3.13. The SMILES string of the molecule is CCCc1ncc(C(=O)N2CCC(CN)C2)s1. The lowest BCUT2D eigenvalue weighted by molar-refractivity contribution is 0.0792. The maximum absolute atomic E-state index is 12.2. The third-order valence-corrected chi connectivity index (χ3v) is 4.18. The predicted molar refractivity (Wildman–Crippen MR) is 69.2 cm³/mol. The van der Waals surface area contributed by atoms with Gasteiger partial charge in [0.25, 0.3) is 5.91 Å². The minimum atomic E-state index is 0.126. The summed E-state index contributed by atoms with van der Waals surface area (Å²) in [7, 11) is 0. The molecule has 1 atom stereocenters. The molecule has 2 rings (SSSR count). The second-order valence-electron chi connectivity index (χ2n) is 4.51. The molecular formula is C12H19N3OS. The first kappa shape index (κ1) is 12.5. The van der Waals surface area contributed by atoms with Gasteiger partial charge in [-0.2, -0.15) is 0 Å². The summed E-state index contributed by atoms with van der Waals surface area (Å²) in [4.78, 5) is 19.1. The minimum Gasteiger partial charge on any atom is -0.338 e. The number of hydrogen-bond acceptors (Lipinski definition) is 4. The lowest BCUT2D eigenvalue weighted by Crippen LogP contribution is -2.29. The molecule has 0 radical (unpaired) electrons. The zero-order chi connectivity index (χ0) is 12.3. The van der Waals surface area contributed by atoms with Crippen LogP contribution in [0.1, 0.15) is 34.4 Å². The summed E-state index contributed by atoms with van der Waals surface area (Å²) in [6.07, 6.45) is 4.78. The number of hydrogen-bond donors (Lipinski definition) is 1. The van der Waals surface area contributed by atoms with Crippen molar-refractivity contribution in [2.75, 3.05) is 19.6 Å². The average molecular weight is 253 g/mol. The number of carbonyl (C=O) groups is 1. The van der Waals surface area contributed by atoms with E-state index in [1.807, 2.05) is 4.90 Å². The molecular weight excluding hydrogens is 234 g/mol. The molecule has 1 aliphatic heterocycles. The molecule has 4 nitrogen and oxygen atoms in total. The Morgan fingerprint density at radius 2 is 2.53 bits per heavy atom. The molecule has 2 N–H and O–H groups in total. The van der Waals surface area contributed by atoms with Gasteiger partial charge < -0.3 is 10.6 Å². The number of aryl methyl sites for hydroxylation is 1. The van der Waals surface area contributed by atoms with Crippen LogP contribution in [-0.2, 0) is 6.42 Å². The van der Waals surface area contributed by atoms with Gasteiger partial charge >= 0.3 is 0 Å². The number of nitrogens with zero attached hydrogens (tertiary/aromatic N) is 2. The lowest BCUT2D eigenvalue weighted by Gasteiger charge is -2.14. The van der Waals surface area contributed by atoms with Crippen molar-refractivity contribution in [3.05, 3.63) is 16.1 Å². The third kappa shape index (κ3) is 2.84. The highest BCUT2D eigenvalue weighted by molar-refractivity contribution is 7.13. The number of nitrogens with two attached hydrogens (primary N) is 1. The number of thiazole rings is 1. The molecule has 1 aromatic heterocycles. The van der Waals surface area contributed by atoms with Gasteiger partial charge in [0.15, 0.2) is 0 Å². The van der Waals surface area contributed by atoms with Gasteiger partial charge in [-0.3, -0.25) is 4.79 Å². The maximum atomic E-state index is 12.2. The van der Waals surface area contributed by atoms with Crippen LogP contribution in [0.5, 0.6) is 0 Å². The Kier molecular flexibility index (Phi) is 4.12. The Morgan fingerprint density at radius 1 is 1.71 bits per heavy atom. The normalized spacial score (nSPS) is 19.9. The summed E-state index contributed by atoms with van der Waals surface area (Å²) < 4.78 is 0. The molecule has 0 aromatic carbocycles. The van der Waals surface area contributed by atoms with Crippen LogP contribution in [0.25, 0.3) is 0 Å². The van der Waals surface area contributed by atoms with E-state index in [1.54, 1.807) is 6.20 Å². The van der Waals surface area contributed by atoms with Crippen LogP contribution >= 0.6 is 11.3 Å². The quantitative estimate of drug-likeness (QED) is 0.885. The molecule has 1 fully saturated rings. The van der Waals surface area contributed by atoms with Crippen LogP contribution in [-0.4, -0.2) is 35.4 Å². The van der Waals surface area contributed by atoms with Crippen molar-refractivity contribution in [3.8, 4) is 0 Å². The molecule has 1 aromatic rings.